The number of hydrogen-bond acceptors (Lipinski definition) is 4. The van der Waals surface area contributed by atoms with Crippen LogP contribution in [-0.4, -0.2) is 16.3 Å². The van der Waals surface area contributed by atoms with E-state index >= 15 is 0 Å². The molecule has 2 rings (SSSR count). The Labute approximate surface area is 105 Å². The number of nitrogen functional groups attached to an aromatic ring is 1. The average molecular weight is 275 g/mol. The molecule has 0 fully saturated rings. The van der Waals surface area contributed by atoms with Crippen molar-refractivity contribution in [3.63, 3.8) is 0 Å². The normalized spacial score (nSPS) is 11.8. The van der Waals surface area contributed by atoms with Gasteiger partial charge >= 0.3 is 6.18 Å². The molecule has 8 heteroatoms. The fraction of sp³-hybridized carbons (Fsp3) is 0.273. The highest BCUT2D eigenvalue weighted by molar-refractivity contribution is 5.57. The van der Waals surface area contributed by atoms with Gasteiger partial charge in [-0.2, -0.15) is 18.2 Å². The summed E-state index contributed by atoms with van der Waals surface area (Å²) in [6.45, 7) is 0. The van der Waals surface area contributed by atoms with Gasteiger partial charge in [-0.15, -0.1) is 0 Å². The lowest BCUT2D eigenvalue weighted by Crippen LogP contribution is -2.09. The molecule has 2 aromatic rings. The topological polar surface area (TPSA) is 64.9 Å². The van der Waals surface area contributed by atoms with Gasteiger partial charge in [0.2, 0.25) is 0 Å². The molecule has 0 bridgehead atoms. The first-order valence-corrected chi connectivity index (χ1v) is 5.30. The Balaban J connectivity index is 2.14. The summed E-state index contributed by atoms with van der Waals surface area (Å²) in [4.78, 5) is 3.77. The second kappa shape index (κ2) is 4.87. The number of rotatable bonds is 3. The van der Waals surface area contributed by atoms with E-state index in [1.807, 2.05) is 0 Å². The van der Waals surface area contributed by atoms with Crippen molar-refractivity contribution in [2.45, 2.75) is 19.0 Å². The molecular formula is C11H9F4N3O. The van der Waals surface area contributed by atoms with E-state index < -0.39 is 18.4 Å². The summed E-state index contributed by atoms with van der Waals surface area (Å²) in [5.74, 6) is -0.784. The number of hydrogen-bond donors (Lipinski definition) is 1. The average Bonchev–Trinajstić information content (AvgIpc) is 2.78. The van der Waals surface area contributed by atoms with Crippen molar-refractivity contribution < 1.29 is 22.1 Å². The molecule has 4 nitrogen and oxygen atoms in total. The maximum Gasteiger partial charge on any atom is 0.389 e. The molecule has 0 aliphatic heterocycles. The quantitative estimate of drug-likeness (QED) is 0.691. The van der Waals surface area contributed by atoms with Crippen molar-refractivity contribution >= 4 is 5.69 Å². The zero-order valence-electron chi connectivity index (χ0n) is 9.54. The van der Waals surface area contributed by atoms with E-state index in [2.05, 4.69) is 10.1 Å². The maximum absolute atomic E-state index is 13.2. The van der Waals surface area contributed by atoms with Gasteiger partial charge < -0.3 is 10.3 Å². The molecule has 0 saturated carbocycles. The lowest BCUT2D eigenvalue weighted by atomic mass is 10.2. The van der Waals surface area contributed by atoms with Crippen LogP contribution < -0.4 is 5.73 Å². The van der Waals surface area contributed by atoms with Gasteiger partial charge in [0.25, 0.3) is 5.89 Å². The maximum atomic E-state index is 13.2. The van der Waals surface area contributed by atoms with Crippen LogP contribution in [0.2, 0.25) is 0 Å². The molecule has 0 radical (unpaired) electrons. The predicted octanol–water partition coefficient (Wildman–Crippen LogP) is 2.95. The standard InChI is InChI=1S/C11H9F4N3O/c12-7-5-6(1-2-8(7)16)10-17-9(18-19-10)3-4-11(13,14)15/h1-2,5H,3-4,16H2. The molecule has 0 aliphatic carbocycles. The van der Waals surface area contributed by atoms with E-state index in [-0.39, 0.29) is 29.4 Å². The van der Waals surface area contributed by atoms with Gasteiger partial charge in [-0.1, -0.05) is 5.16 Å². The van der Waals surface area contributed by atoms with Gasteiger partial charge in [-0.25, -0.2) is 4.39 Å². The Bertz CT molecular complexity index is 580. The van der Waals surface area contributed by atoms with E-state index in [1.165, 1.54) is 12.1 Å². The number of alkyl halides is 3. The van der Waals surface area contributed by atoms with Crippen molar-refractivity contribution in [1.82, 2.24) is 10.1 Å². The highest BCUT2D eigenvalue weighted by Gasteiger charge is 2.27. The van der Waals surface area contributed by atoms with Gasteiger partial charge in [-0.05, 0) is 18.2 Å². The lowest BCUT2D eigenvalue weighted by molar-refractivity contribution is -0.134. The fourth-order valence-corrected chi connectivity index (χ4v) is 1.39. The predicted molar refractivity (Wildman–Crippen MR) is 58.5 cm³/mol. The first-order chi connectivity index (χ1) is 8.85. The Hall–Kier alpha value is -2.12. The molecule has 0 atom stereocenters. The van der Waals surface area contributed by atoms with E-state index in [1.54, 1.807) is 0 Å². The van der Waals surface area contributed by atoms with E-state index in [4.69, 9.17) is 10.3 Å². The van der Waals surface area contributed by atoms with Crippen LogP contribution >= 0.6 is 0 Å². The summed E-state index contributed by atoms with van der Waals surface area (Å²) < 4.78 is 54.0. The number of nitrogens with two attached hydrogens (primary N) is 1. The molecule has 1 aromatic carbocycles. The largest absolute Gasteiger partial charge is 0.396 e. The lowest BCUT2D eigenvalue weighted by Gasteiger charge is -2.01. The molecular weight excluding hydrogens is 266 g/mol. The number of nitrogens with zero attached hydrogens (tertiary/aromatic N) is 2. The SMILES string of the molecule is Nc1ccc(-c2nc(CCC(F)(F)F)no2)cc1F. The van der Waals surface area contributed by atoms with Gasteiger partial charge in [0.1, 0.15) is 5.82 Å². The summed E-state index contributed by atoms with van der Waals surface area (Å²) >= 11 is 0. The molecule has 0 amide bonds. The highest BCUT2D eigenvalue weighted by atomic mass is 19.4. The van der Waals surface area contributed by atoms with E-state index in [0.29, 0.717) is 0 Å². The van der Waals surface area contributed by atoms with Crippen LogP contribution in [0, 0.1) is 5.82 Å². The summed E-state index contributed by atoms with van der Waals surface area (Å²) in [5, 5.41) is 3.41. The van der Waals surface area contributed by atoms with Gasteiger partial charge in [0, 0.05) is 12.0 Å². The second-order valence-corrected chi connectivity index (χ2v) is 3.87. The summed E-state index contributed by atoms with van der Waals surface area (Å²) in [7, 11) is 0. The molecule has 1 heterocycles. The third-order valence-corrected chi connectivity index (χ3v) is 2.35. The third kappa shape index (κ3) is 3.43. The minimum absolute atomic E-state index is 0.0411. The summed E-state index contributed by atoms with van der Waals surface area (Å²) in [6, 6.07) is 3.83. The second-order valence-electron chi connectivity index (χ2n) is 3.87. The van der Waals surface area contributed by atoms with E-state index in [9.17, 15) is 17.6 Å². The van der Waals surface area contributed by atoms with Crippen molar-refractivity contribution in [3.8, 4) is 11.5 Å². The van der Waals surface area contributed by atoms with Gasteiger partial charge in [0.05, 0.1) is 12.1 Å². The molecule has 0 saturated heterocycles. The van der Waals surface area contributed by atoms with Crippen molar-refractivity contribution in [1.29, 1.82) is 0 Å². The van der Waals surface area contributed by atoms with Crippen LogP contribution in [0.5, 0.6) is 0 Å². The Morgan fingerprint density at radius 3 is 2.63 bits per heavy atom. The van der Waals surface area contributed by atoms with E-state index in [0.717, 1.165) is 6.07 Å². The Morgan fingerprint density at radius 2 is 2.00 bits per heavy atom. The number of benzene rings is 1. The summed E-state index contributed by atoms with van der Waals surface area (Å²) in [6.07, 6.45) is -5.71. The zero-order valence-corrected chi connectivity index (χ0v) is 9.54. The third-order valence-electron chi connectivity index (χ3n) is 2.35. The highest BCUT2D eigenvalue weighted by Crippen LogP contribution is 2.24. The van der Waals surface area contributed by atoms with Crippen molar-refractivity contribution in [2.24, 2.45) is 0 Å². The number of aromatic nitrogens is 2. The monoisotopic (exact) mass is 275 g/mol. The minimum atomic E-state index is -4.28. The Morgan fingerprint density at radius 1 is 1.26 bits per heavy atom. The molecule has 1 aromatic heterocycles. The minimum Gasteiger partial charge on any atom is -0.396 e. The van der Waals surface area contributed by atoms with Gasteiger partial charge in [0.15, 0.2) is 5.82 Å². The smallest absolute Gasteiger partial charge is 0.389 e. The van der Waals surface area contributed by atoms with Crippen LogP contribution in [0.4, 0.5) is 23.2 Å². The van der Waals surface area contributed by atoms with Gasteiger partial charge in [-0.3, -0.25) is 0 Å². The summed E-state index contributed by atoms with van der Waals surface area (Å²) in [5.41, 5.74) is 5.52. The molecule has 0 aliphatic rings. The molecule has 19 heavy (non-hydrogen) atoms. The number of anilines is 1. The fourth-order valence-electron chi connectivity index (χ4n) is 1.39. The molecule has 0 spiro atoms. The first kappa shape index (κ1) is 13.3. The first-order valence-electron chi connectivity index (χ1n) is 5.30. The van der Waals surface area contributed by atoms with Crippen LogP contribution in [0.1, 0.15) is 12.2 Å². The molecule has 102 valence electrons. The molecule has 2 N–H and O–H groups in total. The Kier molecular flexibility index (Phi) is 3.41. The van der Waals surface area contributed by atoms with Crippen LogP contribution in [0.15, 0.2) is 22.7 Å². The van der Waals surface area contributed by atoms with Crippen molar-refractivity contribution in [3.05, 3.63) is 29.8 Å². The van der Waals surface area contributed by atoms with Crippen LogP contribution in [0.3, 0.4) is 0 Å². The van der Waals surface area contributed by atoms with Crippen LogP contribution in [0.25, 0.3) is 11.5 Å². The number of halogens is 4. The zero-order chi connectivity index (χ0) is 14.0. The van der Waals surface area contributed by atoms with Crippen LogP contribution in [-0.2, 0) is 6.42 Å². The van der Waals surface area contributed by atoms with Crippen molar-refractivity contribution in [2.75, 3.05) is 5.73 Å². The number of aryl methyl sites for hydroxylation is 1. The molecule has 0 unspecified atom stereocenters.